The lowest BCUT2D eigenvalue weighted by Gasteiger charge is -2.26. The molecule has 1 saturated heterocycles. The number of carbonyl (C=O) groups excluding carboxylic acids is 1. The van der Waals surface area contributed by atoms with Gasteiger partial charge in [-0.15, -0.1) is 16.8 Å². The van der Waals surface area contributed by atoms with E-state index in [1.54, 1.807) is 0 Å². The molecule has 0 atom stereocenters. The number of ketones is 1. The molecular weight excluding hydrogens is 370 g/mol. The molecule has 0 unspecified atom stereocenters. The van der Waals surface area contributed by atoms with Gasteiger partial charge in [-0.1, -0.05) is 24.3 Å². The highest BCUT2D eigenvalue weighted by Gasteiger charge is 2.18. The highest BCUT2D eigenvalue weighted by Crippen LogP contribution is 2.22. The number of nitrogens with zero attached hydrogens (tertiary/aromatic N) is 5. The SMILES string of the molecule is C=CCn1c(CCN2CCCCC2)nnc1SCC(=O)c1cc(C)n(C)c1C. The van der Waals surface area contributed by atoms with Crippen molar-refractivity contribution >= 4 is 17.5 Å². The van der Waals surface area contributed by atoms with Crippen LogP contribution in [0.1, 0.15) is 46.8 Å². The van der Waals surface area contributed by atoms with Crippen LogP contribution in [0.5, 0.6) is 0 Å². The standard InChI is InChI=1S/C21H31N5OS/c1-5-10-26-20(9-13-25-11-7-6-8-12-25)22-23-21(26)28-15-19(27)18-14-16(2)24(4)17(18)3/h5,14H,1,6-13,15H2,2-4H3. The zero-order valence-corrected chi connectivity index (χ0v) is 18.1. The number of allylic oxidation sites excluding steroid dienone is 1. The first-order valence-corrected chi connectivity index (χ1v) is 11.0. The van der Waals surface area contributed by atoms with Gasteiger partial charge in [0.25, 0.3) is 0 Å². The molecule has 0 aromatic carbocycles. The average molecular weight is 402 g/mol. The van der Waals surface area contributed by atoms with Crippen molar-refractivity contribution in [2.75, 3.05) is 25.4 Å². The van der Waals surface area contributed by atoms with Crippen molar-refractivity contribution in [2.45, 2.75) is 51.2 Å². The van der Waals surface area contributed by atoms with Crippen LogP contribution in [0.2, 0.25) is 0 Å². The summed E-state index contributed by atoms with van der Waals surface area (Å²) in [6.07, 6.45) is 6.68. The quantitative estimate of drug-likeness (QED) is 0.366. The van der Waals surface area contributed by atoms with Crippen LogP contribution >= 0.6 is 11.8 Å². The molecule has 1 aliphatic heterocycles. The van der Waals surface area contributed by atoms with Crippen LogP contribution in [0.4, 0.5) is 0 Å². The van der Waals surface area contributed by atoms with E-state index in [2.05, 4.69) is 30.8 Å². The number of piperidine rings is 1. The molecule has 1 fully saturated rings. The van der Waals surface area contributed by atoms with E-state index in [1.807, 2.05) is 33.0 Å². The smallest absolute Gasteiger partial charge is 0.191 e. The molecule has 7 heteroatoms. The second kappa shape index (κ2) is 9.56. The van der Waals surface area contributed by atoms with Crippen molar-refractivity contribution in [2.24, 2.45) is 7.05 Å². The topological polar surface area (TPSA) is 56.0 Å². The van der Waals surface area contributed by atoms with E-state index in [9.17, 15) is 4.79 Å². The van der Waals surface area contributed by atoms with Gasteiger partial charge in [0.15, 0.2) is 10.9 Å². The van der Waals surface area contributed by atoms with Crippen molar-refractivity contribution in [3.63, 3.8) is 0 Å². The number of Topliss-reactive ketones (excluding diaryl/α,β-unsaturated/α-hetero) is 1. The van der Waals surface area contributed by atoms with E-state index in [0.717, 1.165) is 40.9 Å². The summed E-state index contributed by atoms with van der Waals surface area (Å²) in [5.74, 6) is 1.48. The van der Waals surface area contributed by atoms with Gasteiger partial charge in [-0.05, 0) is 45.8 Å². The number of thioether (sulfide) groups is 1. The number of likely N-dealkylation sites (tertiary alicyclic amines) is 1. The lowest BCUT2D eigenvalue weighted by atomic mass is 10.1. The summed E-state index contributed by atoms with van der Waals surface area (Å²) < 4.78 is 4.15. The summed E-state index contributed by atoms with van der Waals surface area (Å²) in [6.45, 7) is 11.9. The second-order valence-electron chi connectivity index (χ2n) is 7.51. The molecule has 0 amide bonds. The summed E-state index contributed by atoms with van der Waals surface area (Å²) >= 11 is 1.47. The Hall–Kier alpha value is -1.86. The fraction of sp³-hybridized carbons (Fsp3) is 0.571. The monoisotopic (exact) mass is 401 g/mol. The van der Waals surface area contributed by atoms with Crippen molar-refractivity contribution in [3.8, 4) is 0 Å². The molecule has 2 aromatic heterocycles. The maximum atomic E-state index is 12.7. The van der Waals surface area contributed by atoms with Gasteiger partial charge in [0.05, 0.1) is 5.75 Å². The van der Waals surface area contributed by atoms with Crippen molar-refractivity contribution < 1.29 is 4.79 Å². The van der Waals surface area contributed by atoms with E-state index in [1.165, 1.54) is 44.1 Å². The predicted molar refractivity (Wildman–Crippen MR) is 114 cm³/mol. The highest BCUT2D eigenvalue weighted by atomic mass is 32.2. The Morgan fingerprint density at radius 2 is 2.00 bits per heavy atom. The average Bonchev–Trinajstić information content (AvgIpc) is 3.21. The van der Waals surface area contributed by atoms with Crippen LogP contribution in [-0.4, -0.2) is 55.4 Å². The number of aryl methyl sites for hydroxylation is 1. The van der Waals surface area contributed by atoms with Gasteiger partial charge >= 0.3 is 0 Å². The first kappa shape index (κ1) is 20.9. The Kier molecular flexibility index (Phi) is 7.13. The number of rotatable bonds is 9. The number of hydrogen-bond donors (Lipinski definition) is 0. The molecule has 2 aromatic rings. The number of hydrogen-bond acceptors (Lipinski definition) is 5. The van der Waals surface area contributed by atoms with Crippen LogP contribution < -0.4 is 0 Å². The Morgan fingerprint density at radius 1 is 1.25 bits per heavy atom. The van der Waals surface area contributed by atoms with Crippen LogP contribution in [0.25, 0.3) is 0 Å². The molecule has 28 heavy (non-hydrogen) atoms. The van der Waals surface area contributed by atoms with Crippen LogP contribution in [0, 0.1) is 13.8 Å². The Bertz CT molecular complexity index is 832. The molecule has 0 N–H and O–H groups in total. The zero-order chi connectivity index (χ0) is 20.1. The summed E-state index contributed by atoms with van der Waals surface area (Å²) in [5.41, 5.74) is 2.91. The summed E-state index contributed by atoms with van der Waals surface area (Å²) in [7, 11) is 1.99. The minimum atomic E-state index is 0.134. The van der Waals surface area contributed by atoms with Gasteiger partial charge < -0.3 is 14.0 Å². The van der Waals surface area contributed by atoms with E-state index >= 15 is 0 Å². The maximum absolute atomic E-state index is 12.7. The molecule has 3 heterocycles. The second-order valence-corrected chi connectivity index (χ2v) is 8.45. The summed E-state index contributed by atoms with van der Waals surface area (Å²) in [6, 6.07) is 1.97. The van der Waals surface area contributed by atoms with Crippen molar-refractivity contribution in [1.29, 1.82) is 0 Å². The van der Waals surface area contributed by atoms with Gasteiger partial charge in [0.1, 0.15) is 5.82 Å². The fourth-order valence-corrected chi connectivity index (χ4v) is 4.56. The van der Waals surface area contributed by atoms with Crippen molar-refractivity contribution in [1.82, 2.24) is 24.2 Å². The molecule has 0 spiro atoms. The Labute approximate surface area is 172 Å². The van der Waals surface area contributed by atoms with Gasteiger partial charge in [-0.25, -0.2) is 0 Å². The molecule has 152 valence electrons. The zero-order valence-electron chi connectivity index (χ0n) is 17.3. The molecule has 0 aliphatic carbocycles. The van der Waals surface area contributed by atoms with Crippen LogP contribution in [-0.2, 0) is 20.0 Å². The Morgan fingerprint density at radius 3 is 2.64 bits per heavy atom. The molecule has 6 nitrogen and oxygen atoms in total. The van der Waals surface area contributed by atoms with Gasteiger partial charge in [-0.3, -0.25) is 4.79 Å². The molecular formula is C21H31N5OS. The van der Waals surface area contributed by atoms with Gasteiger partial charge in [0.2, 0.25) is 0 Å². The fourth-order valence-electron chi connectivity index (χ4n) is 3.71. The third-order valence-electron chi connectivity index (χ3n) is 5.61. The van der Waals surface area contributed by atoms with E-state index in [-0.39, 0.29) is 5.78 Å². The largest absolute Gasteiger partial charge is 0.351 e. The number of aromatic nitrogens is 4. The third kappa shape index (κ3) is 4.75. The van der Waals surface area contributed by atoms with Gasteiger partial charge in [0, 0.05) is 43.5 Å². The lowest BCUT2D eigenvalue weighted by Crippen LogP contribution is -2.32. The lowest BCUT2D eigenvalue weighted by molar-refractivity contribution is 0.102. The molecule has 1 aliphatic rings. The molecule has 0 saturated carbocycles. The molecule has 0 radical (unpaired) electrons. The van der Waals surface area contributed by atoms with E-state index in [4.69, 9.17) is 0 Å². The first-order valence-electron chi connectivity index (χ1n) is 10.1. The summed E-state index contributed by atoms with van der Waals surface area (Å²) in [5, 5.41) is 9.57. The predicted octanol–water partition coefficient (Wildman–Crippen LogP) is 3.42. The third-order valence-corrected chi connectivity index (χ3v) is 6.58. The minimum absolute atomic E-state index is 0.134. The van der Waals surface area contributed by atoms with Crippen molar-refractivity contribution in [3.05, 3.63) is 41.5 Å². The normalized spacial score (nSPS) is 15.1. The maximum Gasteiger partial charge on any atom is 0.191 e. The van der Waals surface area contributed by atoms with E-state index in [0.29, 0.717) is 12.3 Å². The van der Waals surface area contributed by atoms with Gasteiger partial charge in [-0.2, -0.15) is 0 Å². The van der Waals surface area contributed by atoms with Crippen LogP contribution in [0.3, 0.4) is 0 Å². The first-order chi connectivity index (χ1) is 13.5. The van der Waals surface area contributed by atoms with Crippen LogP contribution in [0.15, 0.2) is 23.9 Å². The molecule has 0 bridgehead atoms. The molecule has 3 rings (SSSR count). The Balaban J connectivity index is 1.64. The summed E-state index contributed by atoms with van der Waals surface area (Å²) in [4.78, 5) is 15.2. The van der Waals surface area contributed by atoms with E-state index < -0.39 is 0 Å². The minimum Gasteiger partial charge on any atom is -0.351 e. The highest BCUT2D eigenvalue weighted by molar-refractivity contribution is 7.99. The number of carbonyl (C=O) groups is 1.